The Hall–Kier alpha value is -1.46. The monoisotopic (exact) mass is 217 g/mol. The van der Waals surface area contributed by atoms with E-state index in [-0.39, 0.29) is 0 Å². The average molecular weight is 217 g/mol. The summed E-state index contributed by atoms with van der Waals surface area (Å²) < 4.78 is 5.30. The minimum absolute atomic E-state index is 0.324. The first-order valence-electron chi connectivity index (χ1n) is 5.64. The van der Waals surface area contributed by atoms with Gasteiger partial charge in [-0.2, -0.15) is 0 Å². The molecule has 2 heteroatoms. The van der Waals surface area contributed by atoms with Crippen molar-refractivity contribution in [2.24, 2.45) is 0 Å². The molecule has 0 heterocycles. The Morgan fingerprint density at radius 1 is 1.38 bits per heavy atom. The Bertz CT molecular complexity index is 337. The molecule has 0 saturated heterocycles. The van der Waals surface area contributed by atoms with Crippen LogP contribution in [-0.4, -0.2) is 12.6 Å². The topological polar surface area (TPSA) is 21.3 Å². The lowest BCUT2D eigenvalue weighted by Crippen LogP contribution is -2.24. The lowest BCUT2D eigenvalue weighted by atomic mass is 10.2. The lowest BCUT2D eigenvalue weighted by Gasteiger charge is -2.11. The number of rotatable bonds is 6. The highest BCUT2D eigenvalue weighted by molar-refractivity contribution is 5.27. The molecule has 0 saturated carbocycles. The van der Waals surface area contributed by atoms with Crippen molar-refractivity contribution in [1.82, 2.24) is 5.32 Å². The van der Waals surface area contributed by atoms with Crippen molar-refractivity contribution in [1.29, 1.82) is 0 Å². The van der Waals surface area contributed by atoms with Crippen LogP contribution in [0, 0.1) is 12.3 Å². The zero-order chi connectivity index (χ0) is 11.8. The van der Waals surface area contributed by atoms with Gasteiger partial charge >= 0.3 is 0 Å². The predicted molar refractivity (Wildman–Crippen MR) is 67.4 cm³/mol. The summed E-state index contributed by atoms with van der Waals surface area (Å²) in [5.74, 6) is 3.27. The fraction of sp³-hybridized carbons (Fsp3) is 0.429. The molecule has 0 aliphatic rings. The average Bonchev–Trinajstić information content (AvgIpc) is 2.34. The number of ether oxygens (including phenoxy) is 1. The van der Waals surface area contributed by atoms with E-state index in [1.165, 1.54) is 5.56 Å². The van der Waals surface area contributed by atoms with Crippen LogP contribution in [0.4, 0.5) is 0 Å². The van der Waals surface area contributed by atoms with Crippen LogP contribution in [0.5, 0.6) is 5.75 Å². The van der Waals surface area contributed by atoms with E-state index in [9.17, 15) is 0 Å². The van der Waals surface area contributed by atoms with Crippen LogP contribution in [0.3, 0.4) is 0 Å². The molecule has 1 N–H and O–H groups in total. The van der Waals surface area contributed by atoms with Gasteiger partial charge in [-0.3, -0.25) is 0 Å². The second-order valence-electron chi connectivity index (χ2n) is 3.83. The maximum absolute atomic E-state index is 5.30. The summed E-state index contributed by atoms with van der Waals surface area (Å²) in [6.07, 6.45) is 6.26. The molecule has 1 aromatic rings. The minimum atomic E-state index is 0.324. The first-order chi connectivity index (χ1) is 7.76. The Morgan fingerprint density at radius 2 is 2.06 bits per heavy atom. The van der Waals surface area contributed by atoms with Crippen LogP contribution in [0.2, 0.25) is 0 Å². The van der Waals surface area contributed by atoms with E-state index in [1.807, 2.05) is 12.1 Å². The van der Waals surface area contributed by atoms with E-state index in [4.69, 9.17) is 11.2 Å². The van der Waals surface area contributed by atoms with Crippen molar-refractivity contribution in [3.8, 4) is 18.1 Å². The summed E-state index contributed by atoms with van der Waals surface area (Å²) in [4.78, 5) is 0. The summed E-state index contributed by atoms with van der Waals surface area (Å²) in [6.45, 7) is 5.58. The molecule has 0 aliphatic carbocycles. The largest absolute Gasteiger partial charge is 0.481 e. The van der Waals surface area contributed by atoms with Crippen molar-refractivity contribution < 1.29 is 4.74 Å². The van der Waals surface area contributed by atoms with Crippen LogP contribution in [-0.2, 0) is 6.54 Å². The number of hydrogen-bond donors (Lipinski definition) is 1. The van der Waals surface area contributed by atoms with Crippen molar-refractivity contribution >= 4 is 0 Å². The molecule has 86 valence electrons. The molecule has 1 rings (SSSR count). The fourth-order valence-electron chi connectivity index (χ4n) is 1.26. The zero-order valence-corrected chi connectivity index (χ0v) is 9.99. The standard InChI is InChI=1S/C14H19NO/c1-4-10-16-14-8-6-13(7-9-14)11-15-12(3)5-2/h1,6-9,12,15H,5,10-11H2,2-3H3. The van der Waals surface area contributed by atoms with Gasteiger partial charge in [-0.25, -0.2) is 0 Å². The van der Waals surface area contributed by atoms with Gasteiger partial charge in [0.25, 0.3) is 0 Å². The lowest BCUT2D eigenvalue weighted by molar-refractivity contribution is 0.370. The van der Waals surface area contributed by atoms with Crippen LogP contribution < -0.4 is 10.1 Å². The molecule has 0 spiro atoms. The van der Waals surface area contributed by atoms with Gasteiger partial charge in [0.1, 0.15) is 12.4 Å². The van der Waals surface area contributed by atoms with E-state index >= 15 is 0 Å². The highest BCUT2D eigenvalue weighted by atomic mass is 16.5. The van der Waals surface area contributed by atoms with Gasteiger partial charge in [0.15, 0.2) is 0 Å². The van der Waals surface area contributed by atoms with Crippen LogP contribution >= 0.6 is 0 Å². The SMILES string of the molecule is C#CCOc1ccc(CNC(C)CC)cc1. The van der Waals surface area contributed by atoms with Gasteiger partial charge < -0.3 is 10.1 Å². The number of terminal acetylenes is 1. The first kappa shape index (κ1) is 12.6. The van der Waals surface area contributed by atoms with E-state index in [0.717, 1.165) is 18.7 Å². The van der Waals surface area contributed by atoms with Crippen molar-refractivity contribution in [3.05, 3.63) is 29.8 Å². The molecule has 1 unspecified atom stereocenters. The Labute approximate surface area is 98.0 Å². The molecule has 1 aromatic carbocycles. The molecular weight excluding hydrogens is 198 g/mol. The third-order valence-electron chi connectivity index (χ3n) is 2.51. The molecule has 0 amide bonds. The van der Waals surface area contributed by atoms with E-state index in [2.05, 4.69) is 37.2 Å². The second-order valence-corrected chi connectivity index (χ2v) is 3.83. The fourth-order valence-corrected chi connectivity index (χ4v) is 1.26. The summed E-state index contributed by atoms with van der Waals surface area (Å²) in [5.41, 5.74) is 1.26. The maximum Gasteiger partial charge on any atom is 0.148 e. The molecule has 0 radical (unpaired) electrons. The summed E-state index contributed by atoms with van der Waals surface area (Å²) in [6, 6.07) is 8.57. The number of nitrogens with one attached hydrogen (secondary N) is 1. The normalized spacial score (nSPS) is 11.8. The molecule has 16 heavy (non-hydrogen) atoms. The van der Waals surface area contributed by atoms with E-state index < -0.39 is 0 Å². The van der Waals surface area contributed by atoms with E-state index in [0.29, 0.717) is 12.6 Å². The molecular formula is C14H19NO. The second kappa shape index (κ2) is 6.92. The van der Waals surface area contributed by atoms with Gasteiger partial charge in [-0.15, -0.1) is 6.42 Å². The highest BCUT2D eigenvalue weighted by Crippen LogP contribution is 2.12. The van der Waals surface area contributed by atoms with Crippen molar-refractivity contribution in [3.63, 3.8) is 0 Å². The van der Waals surface area contributed by atoms with E-state index in [1.54, 1.807) is 0 Å². The summed E-state index contributed by atoms with van der Waals surface area (Å²) in [5, 5.41) is 3.44. The molecule has 0 aromatic heterocycles. The van der Waals surface area contributed by atoms with Gasteiger partial charge in [0.05, 0.1) is 0 Å². The van der Waals surface area contributed by atoms with Crippen molar-refractivity contribution in [2.75, 3.05) is 6.61 Å². The van der Waals surface area contributed by atoms with Crippen LogP contribution in [0.15, 0.2) is 24.3 Å². The first-order valence-corrected chi connectivity index (χ1v) is 5.64. The summed E-state index contributed by atoms with van der Waals surface area (Å²) >= 11 is 0. The Balaban J connectivity index is 2.42. The Kier molecular flexibility index (Phi) is 5.45. The number of hydrogen-bond acceptors (Lipinski definition) is 2. The molecule has 2 nitrogen and oxygen atoms in total. The molecule has 1 atom stereocenters. The zero-order valence-electron chi connectivity index (χ0n) is 9.99. The number of benzene rings is 1. The molecule has 0 fully saturated rings. The summed E-state index contributed by atoms with van der Waals surface area (Å²) in [7, 11) is 0. The highest BCUT2D eigenvalue weighted by Gasteiger charge is 1.98. The third kappa shape index (κ3) is 4.37. The minimum Gasteiger partial charge on any atom is -0.481 e. The van der Waals surface area contributed by atoms with Crippen LogP contribution in [0.1, 0.15) is 25.8 Å². The van der Waals surface area contributed by atoms with Gasteiger partial charge in [0.2, 0.25) is 0 Å². The maximum atomic E-state index is 5.30. The molecule has 0 bridgehead atoms. The third-order valence-corrected chi connectivity index (χ3v) is 2.51. The molecule has 0 aliphatic heterocycles. The Morgan fingerprint density at radius 3 is 2.62 bits per heavy atom. The van der Waals surface area contributed by atoms with Gasteiger partial charge in [-0.1, -0.05) is 25.0 Å². The smallest absolute Gasteiger partial charge is 0.148 e. The van der Waals surface area contributed by atoms with Gasteiger partial charge in [0, 0.05) is 12.6 Å². The van der Waals surface area contributed by atoms with Crippen molar-refractivity contribution in [2.45, 2.75) is 32.9 Å². The van der Waals surface area contributed by atoms with Gasteiger partial charge in [-0.05, 0) is 31.0 Å². The quantitative estimate of drug-likeness (QED) is 0.739. The predicted octanol–water partition coefficient (Wildman–Crippen LogP) is 2.59. The van der Waals surface area contributed by atoms with Crippen LogP contribution in [0.25, 0.3) is 0 Å².